The fourth-order valence-corrected chi connectivity index (χ4v) is 5.25. The van der Waals surface area contributed by atoms with E-state index in [4.69, 9.17) is 0 Å². The maximum Gasteiger partial charge on any atom is 0.281 e. The summed E-state index contributed by atoms with van der Waals surface area (Å²) in [4.78, 5) is 15.5. The van der Waals surface area contributed by atoms with E-state index in [2.05, 4.69) is 0 Å². The van der Waals surface area contributed by atoms with Crippen LogP contribution >= 0.6 is 0 Å². The number of hydrogen-bond donors (Lipinski definition) is 1. The van der Waals surface area contributed by atoms with Crippen molar-refractivity contribution in [3.05, 3.63) is 30.1 Å². The molecule has 27 heavy (non-hydrogen) atoms. The second kappa shape index (κ2) is 8.67. The van der Waals surface area contributed by atoms with Crippen molar-refractivity contribution < 1.29 is 22.5 Å². The lowest BCUT2D eigenvalue weighted by molar-refractivity contribution is -0.918. The number of carbonyl (C=O) groups is 1. The Kier molecular flexibility index (Phi) is 6.99. The predicted octanol–water partition coefficient (Wildman–Crippen LogP) is 0.749. The van der Waals surface area contributed by atoms with Crippen LogP contribution in [0.4, 0.5) is 4.39 Å². The van der Waals surface area contributed by atoms with Crippen LogP contribution in [0.1, 0.15) is 34.6 Å². The standard InChI is InChI=1S/C19H30FN3O3S/c1-14(2)23(15(3)4)19(24)16(5)21-10-12-22(13-11-21)27(25,26)18-9-7-6-8-17(18)20/h6-9,14-16H,10-13H2,1-5H3/p+1/t16-/m0/s1. The third kappa shape index (κ3) is 4.67. The first kappa shape index (κ1) is 21.8. The van der Waals surface area contributed by atoms with Crippen molar-refractivity contribution in [2.45, 2.75) is 57.6 Å². The molecule has 0 aliphatic carbocycles. The zero-order chi connectivity index (χ0) is 20.4. The molecule has 0 radical (unpaired) electrons. The van der Waals surface area contributed by atoms with Gasteiger partial charge in [0.15, 0.2) is 6.04 Å². The zero-order valence-electron chi connectivity index (χ0n) is 16.8. The summed E-state index contributed by atoms with van der Waals surface area (Å²) < 4.78 is 40.7. The summed E-state index contributed by atoms with van der Waals surface area (Å²) in [6.07, 6.45) is 0. The number of rotatable bonds is 6. The number of halogens is 1. The molecule has 0 spiro atoms. The lowest BCUT2D eigenvalue weighted by Gasteiger charge is -2.38. The molecule has 8 heteroatoms. The molecule has 0 bridgehead atoms. The van der Waals surface area contributed by atoms with Gasteiger partial charge >= 0.3 is 0 Å². The highest BCUT2D eigenvalue weighted by Crippen LogP contribution is 2.19. The summed E-state index contributed by atoms with van der Waals surface area (Å²) in [7, 11) is -3.86. The lowest BCUT2D eigenvalue weighted by atomic mass is 10.1. The summed E-state index contributed by atoms with van der Waals surface area (Å²) >= 11 is 0. The molecule has 1 aromatic rings. The Hall–Kier alpha value is -1.51. The quantitative estimate of drug-likeness (QED) is 0.767. The molecule has 1 aliphatic heterocycles. The van der Waals surface area contributed by atoms with Gasteiger partial charge in [-0.3, -0.25) is 4.79 Å². The molecule has 6 nitrogen and oxygen atoms in total. The molecule has 0 aromatic heterocycles. The van der Waals surface area contributed by atoms with Crippen molar-refractivity contribution >= 4 is 15.9 Å². The fraction of sp³-hybridized carbons (Fsp3) is 0.632. The number of piperazine rings is 1. The average molecular weight is 401 g/mol. The lowest BCUT2D eigenvalue weighted by Crippen LogP contribution is -3.19. The summed E-state index contributed by atoms with van der Waals surface area (Å²) in [5, 5.41) is 0. The Bertz CT molecular complexity index is 751. The van der Waals surface area contributed by atoms with Crippen LogP contribution in [0.5, 0.6) is 0 Å². The first-order valence-electron chi connectivity index (χ1n) is 9.48. The maximum atomic E-state index is 13.9. The zero-order valence-corrected chi connectivity index (χ0v) is 17.6. The monoisotopic (exact) mass is 400 g/mol. The van der Waals surface area contributed by atoms with Gasteiger partial charge in [-0.15, -0.1) is 0 Å². The molecule has 1 aliphatic rings. The van der Waals surface area contributed by atoms with Crippen LogP contribution in [-0.2, 0) is 14.8 Å². The minimum Gasteiger partial charge on any atom is -0.333 e. The number of nitrogens with one attached hydrogen (secondary N) is 1. The van der Waals surface area contributed by atoms with Crippen LogP contribution in [0, 0.1) is 5.82 Å². The number of sulfonamides is 1. The Labute approximate surface area is 162 Å². The molecule has 2 rings (SSSR count). The van der Waals surface area contributed by atoms with E-state index in [1.807, 2.05) is 39.5 Å². The highest BCUT2D eigenvalue weighted by atomic mass is 32.2. The Balaban J connectivity index is 2.06. The van der Waals surface area contributed by atoms with E-state index >= 15 is 0 Å². The molecule has 0 saturated carbocycles. The van der Waals surface area contributed by atoms with E-state index in [9.17, 15) is 17.6 Å². The Morgan fingerprint density at radius 2 is 1.59 bits per heavy atom. The number of carbonyl (C=O) groups excluding carboxylic acids is 1. The maximum absolute atomic E-state index is 13.9. The molecule has 1 heterocycles. The summed E-state index contributed by atoms with van der Waals surface area (Å²) in [5.41, 5.74) is 0. The second-order valence-corrected chi connectivity index (χ2v) is 9.55. The molecule has 1 N–H and O–H groups in total. The fourth-order valence-electron chi connectivity index (χ4n) is 3.74. The van der Waals surface area contributed by atoms with E-state index in [0.717, 1.165) is 11.0 Å². The molecule has 1 saturated heterocycles. The van der Waals surface area contributed by atoms with Crippen LogP contribution in [0.15, 0.2) is 29.2 Å². The first-order chi connectivity index (χ1) is 12.6. The van der Waals surface area contributed by atoms with Crippen molar-refractivity contribution in [3.63, 3.8) is 0 Å². The van der Waals surface area contributed by atoms with Gasteiger partial charge in [-0.05, 0) is 46.8 Å². The SMILES string of the molecule is CC(C)N(C(=O)[C@H](C)[NH+]1CCN(S(=O)(=O)c2ccccc2F)CC1)C(C)C. The Morgan fingerprint density at radius 1 is 1.07 bits per heavy atom. The van der Waals surface area contributed by atoms with Gasteiger partial charge in [-0.1, -0.05) is 12.1 Å². The molecule has 1 fully saturated rings. The molecule has 152 valence electrons. The smallest absolute Gasteiger partial charge is 0.281 e. The first-order valence-corrected chi connectivity index (χ1v) is 10.9. The third-order valence-electron chi connectivity index (χ3n) is 5.17. The van der Waals surface area contributed by atoms with E-state index in [1.165, 1.54) is 22.5 Å². The van der Waals surface area contributed by atoms with Gasteiger partial charge in [0.2, 0.25) is 10.0 Å². The predicted molar refractivity (Wildman–Crippen MR) is 102 cm³/mol. The van der Waals surface area contributed by atoms with Crippen molar-refractivity contribution in [3.8, 4) is 0 Å². The highest BCUT2D eigenvalue weighted by Gasteiger charge is 2.37. The number of quaternary nitrogens is 1. The van der Waals surface area contributed by atoms with Gasteiger partial charge in [0.1, 0.15) is 10.7 Å². The van der Waals surface area contributed by atoms with Gasteiger partial charge in [0.05, 0.1) is 26.2 Å². The van der Waals surface area contributed by atoms with E-state index in [1.54, 1.807) is 0 Å². The van der Waals surface area contributed by atoms with Gasteiger partial charge in [-0.25, -0.2) is 12.8 Å². The van der Waals surface area contributed by atoms with Gasteiger partial charge in [-0.2, -0.15) is 4.31 Å². The van der Waals surface area contributed by atoms with E-state index in [0.29, 0.717) is 13.1 Å². The molecular weight excluding hydrogens is 369 g/mol. The van der Waals surface area contributed by atoms with Crippen molar-refractivity contribution in [2.24, 2.45) is 0 Å². The minimum absolute atomic E-state index is 0.0837. The number of hydrogen-bond acceptors (Lipinski definition) is 3. The van der Waals surface area contributed by atoms with Gasteiger partial charge in [0, 0.05) is 12.1 Å². The third-order valence-corrected chi connectivity index (χ3v) is 7.10. The average Bonchev–Trinajstić information content (AvgIpc) is 2.60. The summed E-state index contributed by atoms with van der Waals surface area (Å²) in [5.74, 6) is -0.652. The topological polar surface area (TPSA) is 62.1 Å². The summed E-state index contributed by atoms with van der Waals surface area (Å²) in [6, 6.07) is 5.42. The van der Waals surface area contributed by atoms with Gasteiger partial charge in [0.25, 0.3) is 5.91 Å². The minimum atomic E-state index is -3.86. The van der Waals surface area contributed by atoms with E-state index in [-0.39, 0.29) is 42.0 Å². The highest BCUT2D eigenvalue weighted by molar-refractivity contribution is 7.89. The second-order valence-electron chi connectivity index (χ2n) is 7.65. The van der Waals surface area contributed by atoms with Crippen LogP contribution < -0.4 is 4.90 Å². The molecule has 1 atom stereocenters. The molecule has 1 aromatic carbocycles. The van der Waals surface area contributed by atoms with Crippen LogP contribution in [0.2, 0.25) is 0 Å². The molecule has 0 unspecified atom stereocenters. The normalized spacial score (nSPS) is 18.1. The summed E-state index contributed by atoms with van der Waals surface area (Å²) in [6.45, 7) is 11.5. The van der Waals surface area contributed by atoms with Crippen molar-refractivity contribution in [2.75, 3.05) is 26.2 Å². The molecular formula is C19H31FN3O3S+. The number of amides is 1. The largest absolute Gasteiger partial charge is 0.333 e. The van der Waals surface area contributed by atoms with Crippen molar-refractivity contribution in [1.29, 1.82) is 0 Å². The number of nitrogens with zero attached hydrogens (tertiary/aromatic N) is 2. The van der Waals surface area contributed by atoms with Crippen LogP contribution in [0.25, 0.3) is 0 Å². The van der Waals surface area contributed by atoms with Crippen LogP contribution in [-0.4, -0.2) is 67.8 Å². The van der Waals surface area contributed by atoms with Crippen LogP contribution in [0.3, 0.4) is 0 Å². The van der Waals surface area contributed by atoms with Gasteiger partial charge < -0.3 is 9.80 Å². The Morgan fingerprint density at radius 3 is 2.07 bits per heavy atom. The number of benzene rings is 1. The van der Waals surface area contributed by atoms with E-state index < -0.39 is 15.8 Å². The van der Waals surface area contributed by atoms with Crippen molar-refractivity contribution in [1.82, 2.24) is 9.21 Å². The molecule has 1 amide bonds.